The summed E-state index contributed by atoms with van der Waals surface area (Å²) >= 11 is 1.66. The van der Waals surface area contributed by atoms with Crippen molar-refractivity contribution < 1.29 is 4.79 Å². The summed E-state index contributed by atoms with van der Waals surface area (Å²) in [7, 11) is 0. The zero-order valence-corrected chi connectivity index (χ0v) is 14.6. The van der Waals surface area contributed by atoms with Crippen LogP contribution in [0, 0.1) is 13.8 Å². The van der Waals surface area contributed by atoms with Crippen LogP contribution in [0.5, 0.6) is 0 Å². The van der Waals surface area contributed by atoms with Gasteiger partial charge in [-0.25, -0.2) is 4.98 Å². The molecule has 2 aromatic heterocycles. The highest BCUT2D eigenvalue weighted by Crippen LogP contribution is 2.27. The molecule has 0 radical (unpaired) electrons. The van der Waals surface area contributed by atoms with E-state index in [9.17, 15) is 4.79 Å². The summed E-state index contributed by atoms with van der Waals surface area (Å²) < 4.78 is 0. The maximum atomic E-state index is 12.2. The number of amides is 1. The van der Waals surface area contributed by atoms with Crippen molar-refractivity contribution >= 4 is 17.2 Å². The van der Waals surface area contributed by atoms with E-state index in [2.05, 4.69) is 15.3 Å². The van der Waals surface area contributed by atoms with Crippen LogP contribution in [0.25, 0.3) is 10.6 Å². The third kappa shape index (κ3) is 3.68. The molecule has 3 aromatic rings. The predicted octanol–water partition coefficient (Wildman–Crippen LogP) is 3.79. The number of carbonyl (C=O) groups excluding carboxylic acids is 1. The van der Waals surface area contributed by atoms with Crippen LogP contribution in [0.15, 0.2) is 48.8 Å². The Morgan fingerprint density at radius 3 is 2.75 bits per heavy atom. The molecule has 4 nitrogen and oxygen atoms in total. The number of nitrogens with zero attached hydrogens (tertiary/aromatic N) is 2. The van der Waals surface area contributed by atoms with E-state index in [0.29, 0.717) is 6.54 Å². The minimum atomic E-state index is -0.0252. The monoisotopic (exact) mass is 337 g/mol. The number of aromatic nitrogens is 2. The van der Waals surface area contributed by atoms with E-state index in [0.717, 1.165) is 33.8 Å². The molecule has 24 heavy (non-hydrogen) atoms. The Bertz CT molecular complexity index is 843. The van der Waals surface area contributed by atoms with Crippen molar-refractivity contribution in [3.63, 3.8) is 0 Å². The van der Waals surface area contributed by atoms with Crippen molar-refractivity contribution in [2.45, 2.75) is 20.3 Å². The lowest BCUT2D eigenvalue weighted by Gasteiger charge is -2.07. The molecule has 0 saturated carbocycles. The minimum absolute atomic E-state index is 0.0252. The summed E-state index contributed by atoms with van der Waals surface area (Å²) in [6.07, 6.45) is 4.36. The molecule has 0 fully saturated rings. The van der Waals surface area contributed by atoms with Crippen LogP contribution in [0.2, 0.25) is 0 Å². The highest BCUT2D eigenvalue weighted by atomic mass is 32.1. The average Bonchev–Trinajstić information content (AvgIpc) is 2.97. The van der Waals surface area contributed by atoms with Crippen molar-refractivity contribution in [2.24, 2.45) is 0 Å². The quantitative estimate of drug-likeness (QED) is 0.770. The van der Waals surface area contributed by atoms with Gasteiger partial charge >= 0.3 is 0 Å². The van der Waals surface area contributed by atoms with E-state index >= 15 is 0 Å². The molecule has 1 N–H and O–H groups in total. The Labute approximate surface area is 145 Å². The zero-order chi connectivity index (χ0) is 16.9. The number of carbonyl (C=O) groups is 1. The molecule has 2 heterocycles. The summed E-state index contributed by atoms with van der Waals surface area (Å²) in [5, 5.41) is 3.97. The molecule has 0 bridgehead atoms. The van der Waals surface area contributed by atoms with Gasteiger partial charge in [-0.1, -0.05) is 18.2 Å². The van der Waals surface area contributed by atoms with E-state index in [1.807, 2.05) is 56.4 Å². The van der Waals surface area contributed by atoms with Crippen LogP contribution in [0.4, 0.5) is 0 Å². The molecule has 3 rings (SSSR count). The molecule has 0 unspecified atom stereocenters. The lowest BCUT2D eigenvalue weighted by Crippen LogP contribution is -2.26. The first kappa shape index (κ1) is 16.3. The lowest BCUT2D eigenvalue weighted by atomic mass is 10.1. The first-order chi connectivity index (χ1) is 11.6. The number of hydrogen-bond acceptors (Lipinski definition) is 4. The molecule has 1 amide bonds. The van der Waals surface area contributed by atoms with Gasteiger partial charge in [-0.05, 0) is 37.6 Å². The summed E-state index contributed by atoms with van der Waals surface area (Å²) in [5.41, 5.74) is 3.77. The molecule has 0 aliphatic carbocycles. The van der Waals surface area contributed by atoms with Gasteiger partial charge in [0.2, 0.25) is 0 Å². The zero-order valence-electron chi connectivity index (χ0n) is 13.7. The number of pyridine rings is 1. The van der Waals surface area contributed by atoms with Gasteiger partial charge < -0.3 is 5.32 Å². The number of benzene rings is 1. The molecule has 1 aromatic carbocycles. The summed E-state index contributed by atoms with van der Waals surface area (Å²) in [4.78, 5) is 22.2. The van der Waals surface area contributed by atoms with Gasteiger partial charge in [0.15, 0.2) is 0 Å². The van der Waals surface area contributed by atoms with E-state index in [1.165, 1.54) is 4.88 Å². The molecule has 0 aliphatic heterocycles. The van der Waals surface area contributed by atoms with Crippen LogP contribution in [-0.2, 0) is 6.42 Å². The second-order valence-corrected chi connectivity index (χ2v) is 6.67. The third-order valence-corrected chi connectivity index (χ3v) is 5.09. The first-order valence-electron chi connectivity index (χ1n) is 7.85. The fraction of sp³-hybridized carbons (Fsp3) is 0.211. The Hall–Kier alpha value is -2.53. The second kappa shape index (κ2) is 7.36. The van der Waals surface area contributed by atoms with Crippen LogP contribution in [-0.4, -0.2) is 22.4 Å². The van der Waals surface area contributed by atoms with Gasteiger partial charge in [-0.3, -0.25) is 9.78 Å². The lowest BCUT2D eigenvalue weighted by molar-refractivity contribution is 0.0953. The van der Waals surface area contributed by atoms with Crippen LogP contribution >= 0.6 is 11.3 Å². The number of aryl methyl sites for hydroxylation is 2. The highest BCUT2D eigenvalue weighted by Gasteiger charge is 2.11. The van der Waals surface area contributed by atoms with E-state index in [4.69, 9.17) is 0 Å². The van der Waals surface area contributed by atoms with Gasteiger partial charge in [-0.15, -0.1) is 11.3 Å². The number of thiazole rings is 1. The van der Waals surface area contributed by atoms with E-state index in [1.54, 1.807) is 17.5 Å². The molecular weight excluding hydrogens is 318 g/mol. The maximum absolute atomic E-state index is 12.2. The SMILES string of the molecule is Cc1ccccc1C(=O)NCCc1sc(-c2cccnc2)nc1C. The number of nitrogens with one attached hydrogen (secondary N) is 1. The van der Waals surface area contributed by atoms with E-state index in [-0.39, 0.29) is 5.91 Å². The fourth-order valence-electron chi connectivity index (χ4n) is 2.49. The molecule has 0 spiro atoms. The van der Waals surface area contributed by atoms with Crippen molar-refractivity contribution in [2.75, 3.05) is 6.54 Å². The van der Waals surface area contributed by atoms with Crippen molar-refractivity contribution in [3.05, 3.63) is 70.5 Å². The van der Waals surface area contributed by atoms with Crippen LogP contribution < -0.4 is 5.32 Å². The molecule has 122 valence electrons. The number of rotatable bonds is 5. The topological polar surface area (TPSA) is 54.9 Å². The maximum Gasteiger partial charge on any atom is 0.251 e. The van der Waals surface area contributed by atoms with Gasteiger partial charge in [0.1, 0.15) is 5.01 Å². The average molecular weight is 337 g/mol. The highest BCUT2D eigenvalue weighted by molar-refractivity contribution is 7.15. The summed E-state index contributed by atoms with van der Waals surface area (Å²) in [6.45, 7) is 4.56. The van der Waals surface area contributed by atoms with Gasteiger partial charge in [0.25, 0.3) is 5.91 Å². The van der Waals surface area contributed by atoms with Crippen molar-refractivity contribution in [3.8, 4) is 10.6 Å². The largest absolute Gasteiger partial charge is 0.352 e. The molecule has 0 saturated heterocycles. The Morgan fingerprint density at radius 2 is 2.00 bits per heavy atom. The van der Waals surface area contributed by atoms with Crippen molar-refractivity contribution in [1.82, 2.24) is 15.3 Å². The third-order valence-electron chi connectivity index (χ3n) is 3.83. The van der Waals surface area contributed by atoms with E-state index < -0.39 is 0 Å². The van der Waals surface area contributed by atoms with Gasteiger partial charge in [0.05, 0.1) is 5.69 Å². The van der Waals surface area contributed by atoms with Crippen LogP contribution in [0.3, 0.4) is 0 Å². The Kier molecular flexibility index (Phi) is 5.01. The van der Waals surface area contributed by atoms with Crippen molar-refractivity contribution in [1.29, 1.82) is 0 Å². The van der Waals surface area contributed by atoms with Gasteiger partial charge in [0, 0.05) is 41.4 Å². The summed E-state index contributed by atoms with van der Waals surface area (Å²) in [5.74, 6) is -0.0252. The predicted molar refractivity (Wildman–Crippen MR) is 97.3 cm³/mol. The minimum Gasteiger partial charge on any atom is -0.352 e. The summed E-state index contributed by atoms with van der Waals surface area (Å²) in [6, 6.07) is 11.5. The number of hydrogen-bond donors (Lipinski definition) is 1. The molecule has 5 heteroatoms. The second-order valence-electron chi connectivity index (χ2n) is 5.59. The standard InChI is InChI=1S/C19H19N3OS/c1-13-6-3-4-8-16(13)18(23)21-11-9-17-14(2)22-19(24-17)15-7-5-10-20-12-15/h3-8,10,12H,9,11H2,1-2H3,(H,21,23). The smallest absolute Gasteiger partial charge is 0.251 e. The normalized spacial score (nSPS) is 10.6. The first-order valence-corrected chi connectivity index (χ1v) is 8.67. The van der Waals surface area contributed by atoms with Gasteiger partial charge in [-0.2, -0.15) is 0 Å². The Balaban J connectivity index is 1.62. The molecule has 0 atom stereocenters. The molecule has 0 aliphatic rings. The van der Waals surface area contributed by atoms with Crippen LogP contribution in [0.1, 0.15) is 26.5 Å². The molecular formula is C19H19N3OS. The fourth-order valence-corrected chi connectivity index (χ4v) is 3.54. The Morgan fingerprint density at radius 1 is 1.17 bits per heavy atom.